The van der Waals surface area contributed by atoms with Gasteiger partial charge in [0.25, 0.3) is 0 Å². The third kappa shape index (κ3) is 26.7. The van der Waals surface area contributed by atoms with E-state index in [4.69, 9.17) is 33.2 Å². The number of carbonyl (C=O) groups is 3. The summed E-state index contributed by atoms with van der Waals surface area (Å²) >= 11 is 0. The van der Waals surface area contributed by atoms with Crippen LogP contribution in [0.15, 0.2) is 0 Å². The normalized spacial score (nSPS) is 26.7. The second kappa shape index (κ2) is 36.9. The topological polar surface area (TPSA) is 237 Å². The lowest BCUT2D eigenvalue weighted by Gasteiger charge is -2.46. The molecule has 2 saturated heterocycles. The molecular formula is C51H94O16. The van der Waals surface area contributed by atoms with E-state index in [1.54, 1.807) is 0 Å². The van der Waals surface area contributed by atoms with Crippen molar-refractivity contribution in [2.45, 2.75) is 269 Å². The average molecular weight is 963 g/mol. The van der Waals surface area contributed by atoms with Crippen LogP contribution in [-0.4, -0.2) is 142 Å². The van der Waals surface area contributed by atoms with Crippen molar-refractivity contribution in [1.82, 2.24) is 0 Å². The first-order valence-corrected chi connectivity index (χ1v) is 26.3. The summed E-state index contributed by atoms with van der Waals surface area (Å²) in [6.45, 7) is 8.44. The molecule has 0 aliphatic carbocycles. The zero-order chi connectivity index (χ0) is 49.4. The van der Waals surface area contributed by atoms with Crippen molar-refractivity contribution in [3.8, 4) is 0 Å². The lowest BCUT2D eigenvalue weighted by Crippen LogP contribution is -2.65. The molecule has 2 rings (SSSR count). The van der Waals surface area contributed by atoms with E-state index in [2.05, 4.69) is 27.7 Å². The number of ether oxygens (including phenoxy) is 7. The lowest BCUT2D eigenvalue weighted by atomic mass is 9.97. The smallest absolute Gasteiger partial charge is 0.305 e. The van der Waals surface area contributed by atoms with Gasteiger partial charge in [-0.25, -0.2) is 0 Å². The maximum absolute atomic E-state index is 12.8. The van der Waals surface area contributed by atoms with Crippen LogP contribution in [0.5, 0.6) is 0 Å². The molecule has 2 fully saturated rings. The Kier molecular flexibility index (Phi) is 33.7. The number of esters is 3. The Hall–Kier alpha value is -1.99. The lowest BCUT2D eigenvalue weighted by molar-refractivity contribution is -0.361. The van der Waals surface area contributed by atoms with Gasteiger partial charge < -0.3 is 63.8 Å². The third-order valence-corrected chi connectivity index (χ3v) is 13.4. The zero-order valence-electron chi connectivity index (χ0n) is 42.0. The molecule has 0 spiro atoms. The molecule has 0 aromatic carbocycles. The number of rotatable bonds is 39. The number of hydrogen-bond acceptors (Lipinski definition) is 16. The van der Waals surface area contributed by atoms with Crippen LogP contribution >= 0.6 is 0 Å². The highest BCUT2D eigenvalue weighted by atomic mass is 16.7. The van der Waals surface area contributed by atoms with Gasteiger partial charge in [0.2, 0.25) is 0 Å². The van der Waals surface area contributed by atoms with E-state index in [-0.39, 0.29) is 19.4 Å². The number of hydrogen-bond donors (Lipinski definition) is 6. The number of aliphatic hydroxyl groups is 6. The molecule has 3 unspecified atom stereocenters. The fourth-order valence-corrected chi connectivity index (χ4v) is 8.38. The van der Waals surface area contributed by atoms with Crippen molar-refractivity contribution in [3.63, 3.8) is 0 Å². The summed E-state index contributed by atoms with van der Waals surface area (Å²) in [5.74, 6) is -0.0286. The Labute approximate surface area is 402 Å². The predicted molar refractivity (Wildman–Crippen MR) is 252 cm³/mol. The second-order valence-electron chi connectivity index (χ2n) is 19.5. The molecule has 0 aromatic heterocycles. The molecule has 394 valence electrons. The quantitative estimate of drug-likeness (QED) is 0.0205. The van der Waals surface area contributed by atoms with Gasteiger partial charge in [-0.2, -0.15) is 0 Å². The molecule has 13 atom stereocenters. The molecule has 0 radical (unpaired) electrons. The van der Waals surface area contributed by atoms with Crippen LogP contribution in [0.1, 0.15) is 202 Å². The summed E-state index contributed by atoms with van der Waals surface area (Å²) in [4.78, 5) is 36.6. The van der Waals surface area contributed by atoms with Gasteiger partial charge in [0.05, 0.1) is 6.61 Å². The molecule has 2 heterocycles. The molecule has 2 aliphatic rings. The summed E-state index contributed by atoms with van der Waals surface area (Å²) in [6, 6.07) is 0. The van der Waals surface area contributed by atoms with Gasteiger partial charge in [0.15, 0.2) is 12.6 Å². The van der Waals surface area contributed by atoms with Crippen LogP contribution in [0.25, 0.3) is 0 Å². The van der Waals surface area contributed by atoms with Crippen LogP contribution in [0.3, 0.4) is 0 Å². The van der Waals surface area contributed by atoms with Crippen molar-refractivity contribution < 1.29 is 78.2 Å². The predicted octanol–water partition coefficient (Wildman–Crippen LogP) is 7.11. The van der Waals surface area contributed by atoms with Gasteiger partial charge in [-0.15, -0.1) is 0 Å². The molecule has 0 amide bonds. The highest BCUT2D eigenvalue weighted by molar-refractivity contribution is 5.69. The number of unbranched alkanes of at least 4 members (excludes halogenated alkanes) is 18. The highest BCUT2D eigenvalue weighted by Gasteiger charge is 2.51. The van der Waals surface area contributed by atoms with Crippen molar-refractivity contribution in [2.75, 3.05) is 26.4 Å². The monoisotopic (exact) mass is 963 g/mol. The second-order valence-corrected chi connectivity index (χ2v) is 19.5. The van der Waals surface area contributed by atoms with Gasteiger partial charge >= 0.3 is 17.9 Å². The highest BCUT2D eigenvalue weighted by Crippen LogP contribution is 2.30. The van der Waals surface area contributed by atoms with Gasteiger partial charge in [-0.1, -0.05) is 169 Å². The molecule has 0 saturated carbocycles. The third-order valence-electron chi connectivity index (χ3n) is 13.4. The van der Waals surface area contributed by atoms with E-state index >= 15 is 0 Å². The fourth-order valence-electron chi connectivity index (χ4n) is 8.38. The fraction of sp³-hybridized carbons (Fsp3) is 0.941. The Morgan fingerprint density at radius 1 is 0.493 bits per heavy atom. The first kappa shape index (κ1) is 61.1. The Bertz CT molecular complexity index is 1270. The minimum Gasteiger partial charge on any atom is -0.463 e. The summed E-state index contributed by atoms with van der Waals surface area (Å²) < 4.78 is 38.6. The van der Waals surface area contributed by atoms with Gasteiger partial charge in [0.1, 0.15) is 74.8 Å². The van der Waals surface area contributed by atoms with E-state index in [0.29, 0.717) is 12.8 Å². The summed E-state index contributed by atoms with van der Waals surface area (Å²) in [5.41, 5.74) is 0. The van der Waals surface area contributed by atoms with Crippen molar-refractivity contribution in [1.29, 1.82) is 0 Å². The van der Waals surface area contributed by atoms with E-state index in [0.717, 1.165) is 57.3 Å². The number of aliphatic hydroxyl groups excluding tert-OH is 6. The minimum absolute atomic E-state index is 0.150. The van der Waals surface area contributed by atoms with Crippen molar-refractivity contribution >= 4 is 17.9 Å². The van der Waals surface area contributed by atoms with E-state index in [9.17, 15) is 45.0 Å². The Morgan fingerprint density at radius 2 is 0.910 bits per heavy atom. The maximum atomic E-state index is 12.8. The van der Waals surface area contributed by atoms with Gasteiger partial charge in [-0.05, 0) is 24.7 Å². The standard InChI is InChI=1S/C51H94O16/c1-6-36(3)28-24-20-16-12-8-10-14-18-22-26-30-42(54)62-32-39(53)33-64-50-48(60)49(67-51-47(59)46(58)44(56)40(66-51)34-61-38(5)52)45(57)41(65-50)35-63-43(55)31-27-23-19-15-11-9-13-17-21-25-29-37(4)7-2/h36-37,39-41,44-51,53,56-60H,6-35H2,1-5H3/t36?,37?,39?,40-,41-,44-,45-,46+,47-,48+,49+,50+,51-/m1/s1. The molecule has 16 nitrogen and oxygen atoms in total. The van der Waals surface area contributed by atoms with Crippen LogP contribution in [0.2, 0.25) is 0 Å². The summed E-state index contributed by atoms with van der Waals surface area (Å²) in [6.07, 6.45) is 10.2. The minimum atomic E-state index is -1.87. The van der Waals surface area contributed by atoms with Crippen LogP contribution < -0.4 is 0 Å². The summed E-state index contributed by atoms with van der Waals surface area (Å²) in [5, 5.41) is 65.0. The van der Waals surface area contributed by atoms with Crippen molar-refractivity contribution in [2.24, 2.45) is 11.8 Å². The summed E-state index contributed by atoms with van der Waals surface area (Å²) in [7, 11) is 0. The van der Waals surface area contributed by atoms with Crippen molar-refractivity contribution in [3.05, 3.63) is 0 Å². The van der Waals surface area contributed by atoms with Crippen LogP contribution in [0, 0.1) is 11.8 Å². The van der Waals surface area contributed by atoms with E-state index in [1.165, 1.54) is 103 Å². The molecular weight excluding hydrogens is 869 g/mol. The molecule has 0 aromatic rings. The Balaban J connectivity index is 1.83. The van der Waals surface area contributed by atoms with Gasteiger partial charge in [0, 0.05) is 19.8 Å². The van der Waals surface area contributed by atoms with E-state index in [1.807, 2.05) is 0 Å². The molecule has 6 N–H and O–H groups in total. The van der Waals surface area contributed by atoms with E-state index < -0.39 is 105 Å². The first-order chi connectivity index (χ1) is 32.2. The first-order valence-electron chi connectivity index (χ1n) is 26.3. The largest absolute Gasteiger partial charge is 0.463 e. The molecule has 0 bridgehead atoms. The molecule has 67 heavy (non-hydrogen) atoms. The number of carbonyl (C=O) groups excluding carboxylic acids is 3. The Morgan fingerprint density at radius 3 is 1.39 bits per heavy atom. The van der Waals surface area contributed by atoms with Crippen LogP contribution in [0.4, 0.5) is 0 Å². The van der Waals surface area contributed by atoms with Crippen LogP contribution in [-0.2, 0) is 47.5 Å². The zero-order valence-corrected chi connectivity index (χ0v) is 42.0. The van der Waals surface area contributed by atoms with Gasteiger partial charge in [-0.3, -0.25) is 14.4 Å². The SMILES string of the molecule is CCC(C)CCCCCCCCCCCCC(=O)OCC(O)CO[C@H]1O[C@H](COC(=O)CCCCCCCCCCCCC(C)CC)[C@@H](O)[C@H](O[C@H]2O[C@H](COC(C)=O)[C@@H](O)[C@H](O)[C@H]2O)[C@@H]1O. The maximum Gasteiger partial charge on any atom is 0.305 e. The molecule has 2 aliphatic heterocycles. The molecule has 16 heteroatoms. The average Bonchev–Trinajstić information content (AvgIpc) is 3.31.